The SMILES string of the molecule is CCNC(=O)Nc1cc(-c2nc(C(F)(F)F)cs2)c(-c2cc(-c3n[nH]c(=O)o3)cnc2OCC2CCOCC2)cn1. The first kappa shape index (κ1) is 28.2. The maximum atomic E-state index is 13.4. The average Bonchev–Trinajstić information content (AvgIpc) is 3.62. The largest absolute Gasteiger partial charge is 0.477 e. The molecule has 3 N–H and O–H groups in total. The molecular weight excluding hydrogens is 567 g/mol. The second-order valence-corrected chi connectivity index (χ2v) is 9.86. The fourth-order valence-corrected chi connectivity index (χ4v) is 4.96. The number of H-pyrrole nitrogens is 1. The van der Waals surface area contributed by atoms with Crippen LogP contribution in [0.5, 0.6) is 5.88 Å². The molecule has 0 radical (unpaired) electrons. The molecule has 2 amide bonds. The molecule has 0 atom stereocenters. The fraction of sp³-hybridized carbons (Fsp3) is 0.360. The van der Waals surface area contributed by atoms with Crippen LogP contribution in [0.3, 0.4) is 0 Å². The molecule has 4 aromatic heterocycles. The number of carbonyl (C=O) groups is 1. The lowest BCUT2D eigenvalue weighted by Gasteiger charge is -2.22. The predicted molar refractivity (Wildman–Crippen MR) is 141 cm³/mol. The lowest BCUT2D eigenvalue weighted by molar-refractivity contribution is -0.140. The van der Waals surface area contributed by atoms with Gasteiger partial charge >= 0.3 is 18.0 Å². The number of pyridine rings is 2. The second-order valence-electron chi connectivity index (χ2n) is 9.00. The number of thiazole rings is 1. The summed E-state index contributed by atoms with van der Waals surface area (Å²) >= 11 is 0.783. The van der Waals surface area contributed by atoms with E-state index in [1.165, 1.54) is 18.5 Å². The molecule has 0 aliphatic carbocycles. The lowest BCUT2D eigenvalue weighted by Crippen LogP contribution is -2.28. The zero-order chi connectivity index (χ0) is 29.0. The highest BCUT2D eigenvalue weighted by Gasteiger charge is 2.34. The minimum absolute atomic E-state index is 0.0285. The van der Waals surface area contributed by atoms with Crippen molar-refractivity contribution in [3.63, 3.8) is 0 Å². The van der Waals surface area contributed by atoms with Crippen molar-refractivity contribution in [2.75, 3.05) is 31.7 Å². The molecule has 5 rings (SSSR count). The van der Waals surface area contributed by atoms with Gasteiger partial charge < -0.3 is 19.2 Å². The molecule has 1 saturated heterocycles. The number of aromatic amines is 1. The van der Waals surface area contributed by atoms with Gasteiger partial charge in [-0.1, -0.05) is 0 Å². The van der Waals surface area contributed by atoms with Gasteiger partial charge in [-0.3, -0.25) is 5.32 Å². The summed E-state index contributed by atoms with van der Waals surface area (Å²) < 4.78 is 56.9. The van der Waals surface area contributed by atoms with E-state index in [1.807, 2.05) is 0 Å². The number of nitrogens with one attached hydrogen (secondary N) is 3. The standard InChI is InChI=1S/C25H24F3N7O5S/c1-2-29-23(36)33-19-8-16(22-32-18(12-41-22)25(26,27)28)17(10-30-19)15-7-14(20-34-35-24(37)40-20)9-31-21(15)39-11-13-3-5-38-6-4-13/h7-10,12-13H,2-6,11H2,1H3,(H,35,37)(H2,29,30,33,36). The second kappa shape index (κ2) is 12.1. The Bertz CT molecular complexity index is 1580. The Kier molecular flexibility index (Phi) is 8.30. The highest BCUT2D eigenvalue weighted by atomic mass is 32.1. The van der Waals surface area contributed by atoms with Crippen molar-refractivity contribution in [3.8, 4) is 39.0 Å². The Morgan fingerprint density at radius 2 is 1.98 bits per heavy atom. The van der Waals surface area contributed by atoms with Gasteiger partial charge in [0.15, 0.2) is 5.69 Å². The number of amides is 2. The Morgan fingerprint density at radius 1 is 1.17 bits per heavy atom. The number of carbonyl (C=O) groups excluding carboxylic acids is 1. The van der Waals surface area contributed by atoms with Crippen molar-refractivity contribution in [2.24, 2.45) is 5.92 Å². The molecule has 0 saturated carbocycles. The van der Waals surface area contributed by atoms with Crippen molar-refractivity contribution >= 4 is 23.2 Å². The molecule has 5 heterocycles. The van der Waals surface area contributed by atoms with E-state index < -0.39 is 23.7 Å². The van der Waals surface area contributed by atoms with Crippen LogP contribution in [-0.4, -0.2) is 57.5 Å². The van der Waals surface area contributed by atoms with Gasteiger partial charge in [-0.2, -0.15) is 13.2 Å². The van der Waals surface area contributed by atoms with Gasteiger partial charge in [-0.25, -0.2) is 29.6 Å². The molecule has 12 nitrogen and oxygen atoms in total. The van der Waals surface area contributed by atoms with E-state index in [4.69, 9.17) is 13.9 Å². The van der Waals surface area contributed by atoms with Crippen LogP contribution in [0.25, 0.3) is 33.2 Å². The van der Waals surface area contributed by atoms with Crippen LogP contribution < -0.4 is 21.1 Å². The number of nitrogens with zero attached hydrogens (tertiary/aromatic N) is 4. The normalized spacial score (nSPS) is 14.1. The Labute approximate surface area is 234 Å². The molecule has 1 aliphatic heterocycles. The topological polar surface area (TPSA) is 157 Å². The van der Waals surface area contributed by atoms with Crippen LogP contribution in [0.15, 0.2) is 39.1 Å². The molecule has 16 heteroatoms. The van der Waals surface area contributed by atoms with Crippen LogP contribution >= 0.6 is 11.3 Å². The van der Waals surface area contributed by atoms with E-state index >= 15 is 0 Å². The monoisotopic (exact) mass is 591 g/mol. The summed E-state index contributed by atoms with van der Waals surface area (Å²) in [5.41, 5.74) is 0.160. The molecule has 0 spiro atoms. The number of aromatic nitrogens is 5. The maximum Gasteiger partial charge on any atom is 0.434 e. The minimum Gasteiger partial charge on any atom is -0.477 e. The van der Waals surface area contributed by atoms with E-state index in [-0.39, 0.29) is 34.1 Å². The van der Waals surface area contributed by atoms with Gasteiger partial charge in [0, 0.05) is 54.2 Å². The molecule has 1 aliphatic rings. The predicted octanol–water partition coefficient (Wildman–Crippen LogP) is 4.58. The summed E-state index contributed by atoms with van der Waals surface area (Å²) in [5.74, 6) is -0.329. The number of ether oxygens (including phenoxy) is 2. The molecule has 41 heavy (non-hydrogen) atoms. The quantitative estimate of drug-likeness (QED) is 0.267. The zero-order valence-corrected chi connectivity index (χ0v) is 22.4. The molecule has 0 unspecified atom stereocenters. The zero-order valence-electron chi connectivity index (χ0n) is 21.6. The molecule has 216 valence electrons. The number of urea groups is 1. The van der Waals surface area contributed by atoms with Crippen LogP contribution in [0, 0.1) is 5.92 Å². The molecule has 0 aromatic carbocycles. The molecule has 0 bridgehead atoms. The van der Waals surface area contributed by atoms with Gasteiger partial charge in [0.2, 0.25) is 5.88 Å². The van der Waals surface area contributed by atoms with Crippen molar-refractivity contribution < 1.29 is 31.9 Å². The first-order valence-electron chi connectivity index (χ1n) is 12.6. The van der Waals surface area contributed by atoms with Crippen LogP contribution in [0.2, 0.25) is 0 Å². The number of rotatable bonds is 8. The minimum atomic E-state index is -4.65. The van der Waals surface area contributed by atoms with E-state index in [0.717, 1.165) is 29.6 Å². The highest BCUT2D eigenvalue weighted by molar-refractivity contribution is 7.13. The third kappa shape index (κ3) is 6.71. The number of hydrogen-bond acceptors (Lipinski definition) is 10. The van der Waals surface area contributed by atoms with Gasteiger partial charge in [0.05, 0.1) is 12.2 Å². The van der Waals surface area contributed by atoms with Crippen molar-refractivity contribution in [1.29, 1.82) is 0 Å². The van der Waals surface area contributed by atoms with Gasteiger partial charge in [0.1, 0.15) is 10.8 Å². The molecule has 1 fully saturated rings. The Morgan fingerprint density at radius 3 is 2.66 bits per heavy atom. The first-order chi connectivity index (χ1) is 19.7. The Hall–Kier alpha value is -4.31. The van der Waals surface area contributed by atoms with Crippen LogP contribution in [0.4, 0.5) is 23.8 Å². The van der Waals surface area contributed by atoms with Crippen molar-refractivity contribution in [3.05, 3.63) is 46.2 Å². The third-order valence-electron chi connectivity index (χ3n) is 6.13. The van der Waals surface area contributed by atoms with Gasteiger partial charge in [0.25, 0.3) is 5.89 Å². The highest BCUT2D eigenvalue weighted by Crippen LogP contribution is 2.41. The summed E-state index contributed by atoms with van der Waals surface area (Å²) in [6.07, 6.45) is -0.253. The summed E-state index contributed by atoms with van der Waals surface area (Å²) in [4.78, 5) is 36.2. The summed E-state index contributed by atoms with van der Waals surface area (Å²) in [7, 11) is 0. The number of halogens is 3. The van der Waals surface area contributed by atoms with E-state index in [0.29, 0.717) is 43.1 Å². The summed E-state index contributed by atoms with van der Waals surface area (Å²) in [6.45, 7) is 3.65. The van der Waals surface area contributed by atoms with Crippen LogP contribution in [0.1, 0.15) is 25.5 Å². The van der Waals surface area contributed by atoms with E-state index in [9.17, 15) is 22.8 Å². The smallest absolute Gasteiger partial charge is 0.434 e. The molecular formula is C25H24F3N7O5S. The average molecular weight is 592 g/mol. The van der Waals surface area contributed by atoms with Gasteiger partial charge in [-0.05, 0) is 37.8 Å². The number of alkyl halides is 3. The third-order valence-corrected chi connectivity index (χ3v) is 7.01. The number of anilines is 1. The Balaban J connectivity index is 1.62. The first-order valence-corrected chi connectivity index (χ1v) is 13.4. The fourth-order valence-electron chi connectivity index (χ4n) is 4.10. The summed E-state index contributed by atoms with van der Waals surface area (Å²) in [6, 6.07) is 2.47. The van der Waals surface area contributed by atoms with Gasteiger partial charge in [-0.15, -0.1) is 16.4 Å². The lowest BCUT2D eigenvalue weighted by atomic mass is 10.0. The van der Waals surface area contributed by atoms with Crippen LogP contribution in [-0.2, 0) is 10.9 Å². The molecule has 4 aromatic rings. The summed E-state index contributed by atoms with van der Waals surface area (Å²) in [5, 5.41) is 12.1. The van der Waals surface area contributed by atoms with Crippen molar-refractivity contribution in [2.45, 2.75) is 25.9 Å². The number of hydrogen-bond donors (Lipinski definition) is 3. The van der Waals surface area contributed by atoms with E-state index in [2.05, 4.69) is 35.8 Å². The van der Waals surface area contributed by atoms with Crippen molar-refractivity contribution in [1.82, 2.24) is 30.5 Å². The maximum absolute atomic E-state index is 13.4. The van der Waals surface area contributed by atoms with E-state index in [1.54, 1.807) is 13.0 Å².